The van der Waals surface area contributed by atoms with Crippen LogP contribution in [0.15, 0.2) is 18.5 Å². The van der Waals surface area contributed by atoms with Crippen LogP contribution in [0.4, 0.5) is 5.69 Å². The number of aliphatic hydroxyl groups excluding tert-OH is 1. The predicted molar refractivity (Wildman–Crippen MR) is 53.7 cm³/mol. The molecular formula is C10H16N2O. The highest BCUT2D eigenvalue weighted by atomic mass is 16.3. The second kappa shape index (κ2) is 4.82. The van der Waals surface area contributed by atoms with Crippen LogP contribution in [0.2, 0.25) is 0 Å². The molecule has 1 N–H and O–H groups in total. The van der Waals surface area contributed by atoms with Crippen molar-refractivity contribution < 1.29 is 5.11 Å². The number of nitrogens with zero attached hydrogens (tertiary/aromatic N) is 2. The minimum Gasteiger partial charge on any atom is -0.392 e. The van der Waals surface area contributed by atoms with Crippen molar-refractivity contribution in [2.24, 2.45) is 0 Å². The fraction of sp³-hybridized carbons (Fsp3) is 0.500. The minimum atomic E-state index is 0.0753. The van der Waals surface area contributed by atoms with Crippen LogP contribution >= 0.6 is 0 Å². The summed E-state index contributed by atoms with van der Waals surface area (Å²) in [6.07, 6.45) is 4.59. The smallest absolute Gasteiger partial charge is 0.0703 e. The SMILES string of the molecule is CCCN(C)c1cnccc1CO. The molecule has 0 unspecified atom stereocenters. The lowest BCUT2D eigenvalue weighted by atomic mass is 10.2. The zero-order valence-electron chi connectivity index (χ0n) is 8.20. The monoisotopic (exact) mass is 180 g/mol. The average molecular weight is 180 g/mol. The van der Waals surface area contributed by atoms with Crippen LogP contribution in [-0.2, 0) is 6.61 Å². The minimum absolute atomic E-state index is 0.0753. The van der Waals surface area contributed by atoms with E-state index in [1.165, 1.54) is 0 Å². The third-order valence-corrected chi connectivity index (χ3v) is 2.03. The molecule has 0 radical (unpaired) electrons. The largest absolute Gasteiger partial charge is 0.392 e. The van der Waals surface area contributed by atoms with E-state index in [9.17, 15) is 0 Å². The molecule has 1 heterocycles. The van der Waals surface area contributed by atoms with Gasteiger partial charge in [-0.15, -0.1) is 0 Å². The van der Waals surface area contributed by atoms with Gasteiger partial charge in [0.15, 0.2) is 0 Å². The predicted octanol–water partition coefficient (Wildman–Crippen LogP) is 1.42. The zero-order chi connectivity index (χ0) is 9.68. The van der Waals surface area contributed by atoms with Gasteiger partial charge >= 0.3 is 0 Å². The zero-order valence-corrected chi connectivity index (χ0v) is 8.20. The number of aromatic nitrogens is 1. The molecule has 0 atom stereocenters. The third kappa shape index (κ3) is 2.42. The van der Waals surface area contributed by atoms with Gasteiger partial charge in [-0.2, -0.15) is 0 Å². The van der Waals surface area contributed by atoms with Crippen molar-refractivity contribution in [3.8, 4) is 0 Å². The second-order valence-electron chi connectivity index (χ2n) is 3.08. The molecule has 0 aliphatic carbocycles. The third-order valence-electron chi connectivity index (χ3n) is 2.03. The van der Waals surface area contributed by atoms with Crippen molar-refractivity contribution in [1.29, 1.82) is 0 Å². The summed E-state index contributed by atoms with van der Waals surface area (Å²) in [5.41, 5.74) is 1.96. The fourth-order valence-corrected chi connectivity index (χ4v) is 1.35. The Kier molecular flexibility index (Phi) is 3.71. The quantitative estimate of drug-likeness (QED) is 0.761. The van der Waals surface area contributed by atoms with Crippen LogP contribution in [0.25, 0.3) is 0 Å². The molecule has 3 heteroatoms. The van der Waals surface area contributed by atoms with Crippen molar-refractivity contribution in [1.82, 2.24) is 4.98 Å². The Morgan fingerprint density at radius 1 is 1.54 bits per heavy atom. The molecule has 1 rings (SSSR count). The number of hydrogen-bond acceptors (Lipinski definition) is 3. The molecule has 0 fully saturated rings. The van der Waals surface area contributed by atoms with E-state index in [1.54, 1.807) is 12.4 Å². The van der Waals surface area contributed by atoms with Crippen molar-refractivity contribution in [2.75, 3.05) is 18.5 Å². The van der Waals surface area contributed by atoms with E-state index in [-0.39, 0.29) is 6.61 Å². The number of anilines is 1. The molecule has 0 aliphatic rings. The molecule has 1 aromatic heterocycles. The Morgan fingerprint density at radius 2 is 2.31 bits per heavy atom. The van der Waals surface area contributed by atoms with Crippen LogP contribution in [-0.4, -0.2) is 23.7 Å². The summed E-state index contributed by atoms with van der Waals surface area (Å²) in [6, 6.07) is 1.85. The van der Waals surface area contributed by atoms with Gasteiger partial charge in [0.05, 0.1) is 18.5 Å². The maximum atomic E-state index is 9.08. The first-order chi connectivity index (χ1) is 6.29. The lowest BCUT2D eigenvalue weighted by molar-refractivity contribution is 0.282. The van der Waals surface area contributed by atoms with E-state index < -0.39 is 0 Å². The lowest BCUT2D eigenvalue weighted by Gasteiger charge is -2.20. The molecule has 72 valence electrons. The molecule has 0 saturated heterocycles. The Balaban J connectivity index is 2.85. The summed E-state index contributed by atoms with van der Waals surface area (Å²) >= 11 is 0. The normalized spacial score (nSPS) is 10.1. The van der Waals surface area contributed by atoms with Crippen LogP contribution in [0, 0.1) is 0 Å². The molecule has 0 amide bonds. The van der Waals surface area contributed by atoms with Crippen molar-refractivity contribution in [2.45, 2.75) is 20.0 Å². The first-order valence-electron chi connectivity index (χ1n) is 4.54. The van der Waals surface area contributed by atoms with Gasteiger partial charge in [-0.1, -0.05) is 6.92 Å². The lowest BCUT2D eigenvalue weighted by Crippen LogP contribution is -2.19. The van der Waals surface area contributed by atoms with Crippen molar-refractivity contribution in [3.63, 3.8) is 0 Å². The van der Waals surface area contributed by atoms with Gasteiger partial charge in [0.1, 0.15) is 0 Å². The van der Waals surface area contributed by atoms with E-state index in [0.717, 1.165) is 24.2 Å². The van der Waals surface area contributed by atoms with Crippen LogP contribution in [0.5, 0.6) is 0 Å². The molecule has 0 aliphatic heterocycles. The van der Waals surface area contributed by atoms with E-state index in [1.807, 2.05) is 13.1 Å². The van der Waals surface area contributed by atoms with E-state index >= 15 is 0 Å². The fourth-order valence-electron chi connectivity index (χ4n) is 1.35. The highest BCUT2D eigenvalue weighted by Crippen LogP contribution is 2.17. The Hall–Kier alpha value is -1.09. The van der Waals surface area contributed by atoms with E-state index in [2.05, 4.69) is 16.8 Å². The average Bonchev–Trinajstić information content (AvgIpc) is 2.18. The van der Waals surface area contributed by atoms with Gasteiger partial charge in [-0.05, 0) is 12.5 Å². The summed E-state index contributed by atoms with van der Waals surface area (Å²) < 4.78 is 0. The molecule has 13 heavy (non-hydrogen) atoms. The maximum absolute atomic E-state index is 9.08. The van der Waals surface area contributed by atoms with E-state index in [0.29, 0.717) is 0 Å². The highest BCUT2D eigenvalue weighted by Gasteiger charge is 2.04. The molecule has 0 bridgehead atoms. The molecule has 3 nitrogen and oxygen atoms in total. The van der Waals surface area contributed by atoms with Gasteiger partial charge in [0.2, 0.25) is 0 Å². The van der Waals surface area contributed by atoms with E-state index in [4.69, 9.17) is 5.11 Å². The number of rotatable bonds is 4. The topological polar surface area (TPSA) is 36.4 Å². The van der Waals surface area contributed by atoms with Crippen molar-refractivity contribution >= 4 is 5.69 Å². The summed E-state index contributed by atoms with van der Waals surface area (Å²) in [7, 11) is 2.01. The van der Waals surface area contributed by atoms with Gasteiger partial charge < -0.3 is 10.0 Å². The standard InChI is InChI=1S/C10H16N2O/c1-3-6-12(2)10-7-11-5-4-9(10)8-13/h4-5,7,13H,3,6,8H2,1-2H3. The Bertz CT molecular complexity index is 263. The first-order valence-corrected chi connectivity index (χ1v) is 4.54. The highest BCUT2D eigenvalue weighted by molar-refractivity contribution is 5.50. The van der Waals surface area contributed by atoms with Crippen LogP contribution in [0.3, 0.4) is 0 Å². The van der Waals surface area contributed by atoms with Crippen LogP contribution < -0.4 is 4.90 Å². The summed E-state index contributed by atoms with van der Waals surface area (Å²) in [5.74, 6) is 0. The molecule has 0 saturated carbocycles. The Labute approximate surface area is 79.0 Å². The van der Waals surface area contributed by atoms with Gasteiger partial charge in [-0.3, -0.25) is 4.98 Å². The number of aliphatic hydroxyl groups is 1. The maximum Gasteiger partial charge on any atom is 0.0703 e. The summed E-state index contributed by atoms with van der Waals surface area (Å²) in [4.78, 5) is 6.15. The number of hydrogen-bond donors (Lipinski definition) is 1. The molecular weight excluding hydrogens is 164 g/mol. The van der Waals surface area contributed by atoms with Gasteiger partial charge in [0, 0.05) is 25.4 Å². The summed E-state index contributed by atoms with van der Waals surface area (Å²) in [5, 5.41) is 9.08. The molecule has 0 aromatic carbocycles. The first kappa shape index (κ1) is 9.99. The van der Waals surface area contributed by atoms with Gasteiger partial charge in [0.25, 0.3) is 0 Å². The molecule has 1 aromatic rings. The summed E-state index contributed by atoms with van der Waals surface area (Å²) in [6.45, 7) is 3.19. The molecule has 0 spiro atoms. The van der Waals surface area contributed by atoms with Gasteiger partial charge in [-0.25, -0.2) is 0 Å². The van der Waals surface area contributed by atoms with Crippen LogP contribution in [0.1, 0.15) is 18.9 Å². The number of pyridine rings is 1. The Morgan fingerprint density at radius 3 is 2.92 bits per heavy atom. The van der Waals surface area contributed by atoms with Crippen molar-refractivity contribution in [3.05, 3.63) is 24.0 Å². The second-order valence-corrected chi connectivity index (χ2v) is 3.08.